The summed E-state index contributed by atoms with van der Waals surface area (Å²) in [6.07, 6.45) is 5.85. The van der Waals surface area contributed by atoms with Gasteiger partial charge in [0, 0.05) is 24.0 Å². The highest BCUT2D eigenvalue weighted by atomic mass is 35.5. The molecule has 6 nitrogen and oxygen atoms in total. The molecule has 22 heavy (non-hydrogen) atoms. The van der Waals surface area contributed by atoms with Crippen molar-refractivity contribution in [2.45, 2.75) is 26.8 Å². The molecule has 0 amide bonds. The first-order valence-corrected chi connectivity index (χ1v) is 8.09. The third kappa shape index (κ3) is 2.17. The van der Waals surface area contributed by atoms with E-state index in [0.29, 0.717) is 18.0 Å². The van der Waals surface area contributed by atoms with Crippen molar-refractivity contribution in [3.63, 3.8) is 0 Å². The highest BCUT2D eigenvalue weighted by Crippen LogP contribution is 2.30. The third-order valence-corrected chi connectivity index (χ3v) is 5.03. The number of hydrogen-bond donors (Lipinski definition) is 0. The minimum absolute atomic E-state index is 0.637. The lowest BCUT2D eigenvalue weighted by molar-refractivity contribution is 0.600. The standard InChI is InChI=1S/C14H13ClN6S/c1-8-9(2)22-14-12(8)13-18-11(19-21(13)7-16-14)3-4-20-6-10(15)5-17-20/h5-7H,3-4H2,1-2H3. The van der Waals surface area contributed by atoms with Crippen LogP contribution >= 0.6 is 22.9 Å². The van der Waals surface area contributed by atoms with E-state index < -0.39 is 0 Å². The van der Waals surface area contributed by atoms with Crippen LogP contribution in [0.3, 0.4) is 0 Å². The number of hydrogen-bond acceptors (Lipinski definition) is 5. The third-order valence-electron chi connectivity index (χ3n) is 3.72. The van der Waals surface area contributed by atoms with Gasteiger partial charge in [0.25, 0.3) is 0 Å². The second-order valence-corrected chi connectivity index (χ2v) is 6.82. The molecule has 0 bridgehead atoms. The molecular weight excluding hydrogens is 320 g/mol. The van der Waals surface area contributed by atoms with Crippen molar-refractivity contribution in [3.05, 3.63) is 40.0 Å². The van der Waals surface area contributed by atoms with Crippen molar-refractivity contribution in [3.8, 4) is 0 Å². The van der Waals surface area contributed by atoms with Gasteiger partial charge in [-0.05, 0) is 19.4 Å². The van der Waals surface area contributed by atoms with Gasteiger partial charge >= 0.3 is 0 Å². The van der Waals surface area contributed by atoms with Crippen LogP contribution in [0.1, 0.15) is 16.3 Å². The van der Waals surface area contributed by atoms with Crippen LogP contribution in [0, 0.1) is 13.8 Å². The summed E-state index contributed by atoms with van der Waals surface area (Å²) in [5.74, 6) is 0.782. The average molecular weight is 333 g/mol. The van der Waals surface area contributed by atoms with Crippen LogP contribution in [0.25, 0.3) is 15.9 Å². The second kappa shape index (κ2) is 5.03. The molecule has 0 radical (unpaired) electrons. The molecule has 0 saturated carbocycles. The minimum Gasteiger partial charge on any atom is -0.271 e. The van der Waals surface area contributed by atoms with E-state index in [-0.39, 0.29) is 0 Å². The predicted octanol–water partition coefficient (Wildman–Crippen LogP) is 3.05. The lowest BCUT2D eigenvalue weighted by atomic mass is 10.2. The fourth-order valence-electron chi connectivity index (χ4n) is 2.47. The summed E-state index contributed by atoms with van der Waals surface area (Å²) in [7, 11) is 0. The first kappa shape index (κ1) is 13.7. The van der Waals surface area contributed by atoms with Crippen molar-refractivity contribution in [1.29, 1.82) is 0 Å². The van der Waals surface area contributed by atoms with Crippen molar-refractivity contribution in [2.24, 2.45) is 0 Å². The van der Waals surface area contributed by atoms with E-state index in [1.54, 1.807) is 39.3 Å². The Bertz CT molecular complexity index is 982. The Kier molecular flexibility index (Phi) is 3.12. The van der Waals surface area contributed by atoms with Gasteiger partial charge in [-0.15, -0.1) is 16.4 Å². The Morgan fingerprint density at radius 2 is 2.18 bits per heavy atom. The first-order valence-electron chi connectivity index (χ1n) is 6.90. The van der Waals surface area contributed by atoms with Crippen LogP contribution in [-0.2, 0) is 13.0 Å². The average Bonchev–Trinajstić information content (AvgIpc) is 3.15. The lowest BCUT2D eigenvalue weighted by Gasteiger charge is -1.96. The molecule has 4 aromatic rings. The van der Waals surface area contributed by atoms with Gasteiger partial charge in [-0.3, -0.25) is 4.68 Å². The van der Waals surface area contributed by atoms with E-state index in [4.69, 9.17) is 11.6 Å². The molecule has 4 heterocycles. The first-order chi connectivity index (χ1) is 10.6. The van der Waals surface area contributed by atoms with Gasteiger partial charge in [-0.25, -0.2) is 14.5 Å². The molecule has 0 fully saturated rings. The van der Waals surface area contributed by atoms with E-state index in [9.17, 15) is 0 Å². The molecule has 0 aliphatic heterocycles. The Morgan fingerprint density at radius 3 is 2.95 bits per heavy atom. The molecule has 0 saturated heterocycles. The number of nitrogens with zero attached hydrogens (tertiary/aromatic N) is 6. The Balaban J connectivity index is 1.72. The molecular formula is C14H13ClN6S. The second-order valence-electron chi connectivity index (χ2n) is 5.18. The molecule has 4 aromatic heterocycles. The van der Waals surface area contributed by atoms with Gasteiger partial charge in [0.05, 0.1) is 16.6 Å². The van der Waals surface area contributed by atoms with E-state index >= 15 is 0 Å². The Morgan fingerprint density at radius 1 is 1.32 bits per heavy atom. The van der Waals surface area contributed by atoms with E-state index in [1.165, 1.54) is 10.4 Å². The van der Waals surface area contributed by atoms with Crippen LogP contribution in [0.4, 0.5) is 0 Å². The van der Waals surface area contributed by atoms with Crippen molar-refractivity contribution >= 4 is 38.8 Å². The maximum Gasteiger partial charge on any atom is 0.167 e. The monoisotopic (exact) mass is 332 g/mol. The molecule has 0 aromatic carbocycles. The molecule has 0 spiro atoms. The maximum atomic E-state index is 5.87. The zero-order valence-corrected chi connectivity index (χ0v) is 13.7. The van der Waals surface area contributed by atoms with Crippen molar-refractivity contribution < 1.29 is 0 Å². The lowest BCUT2D eigenvalue weighted by Crippen LogP contribution is -2.02. The maximum absolute atomic E-state index is 5.87. The van der Waals surface area contributed by atoms with Gasteiger partial charge in [0.2, 0.25) is 0 Å². The molecule has 0 unspecified atom stereocenters. The van der Waals surface area contributed by atoms with Crippen LogP contribution in [0.15, 0.2) is 18.7 Å². The normalized spacial score (nSPS) is 11.8. The van der Waals surface area contributed by atoms with Gasteiger partial charge in [-0.2, -0.15) is 5.10 Å². The van der Waals surface area contributed by atoms with Crippen molar-refractivity contribution in [1.82, 2.24) is 29.4 Å². The van der Waals surface area contributed by atoms with Crippen LogP contribution in [-0.4, -0.2) is 29.4 Å². The zero-order valence-electron chi connectivity index (χ0n) is 12.1. The number of aromatic nitrogens is 6. The molecule has 0 aliphatic rings. The largest absolute Gasteiger partial charge is 0.271 e. The fourth-order valence-corrected chi connectivity index (χ4v) is 3.62. The summed E-state index contributed by atoms with van der Waals surface area (Å²) in [5, 5.41) is 10.4. The van der Waals surface area contributed by atoms with E-state index in [2.05, 4.69) is 34.0 Å². The van der Waals surface area contributed by atoms with Gasteiger partial charge < -0.3 is 0 Å². The summed E-state index contributed by atoms with van der Waals surface area (Å²) < 4.78 is 3.55. The molecule has 0 atom stereocenters. The Labute approximate surface area is 135 Å². The zero-order chi connectivity index (χ0) is 15.3. The summed E-state index contributed by atoms with van der Waals surface area (Å²) in [6, 6.07) is 0. The molecule has 0 aliphatic carbocycles. The van der Waals surface area contributed by atoms with Gasteiger partial charge in [0.15, 0.2) is 11.5 Å². The smallest absolute Gasteiger partial charge is 0.167 e. The molecule has 4 rings (SSSR count). The number of fused-ring (bicyclic) bond motifs is 3. The quantitative estimate of drug-likeness (QED) is 0.578. The van der Waals surface area contributed by atoms with E-state index in [0.717, 1.165) is 21.7 Å². The topological polar surface area (TPSA) is 60.9 Å². The van der Waals surface area contributed by atoms with Crippen molar-refractivity contribution in [2.75, 3.05) is 0 Å². The van der Waals surface area contributed by atoms with Crippen LogP contribution < -0.4 is 0 Å². The number of halogens is 1. The highest BCUT2D eigenvalue weighted by Gasteiger charge is 2.14. The van der Waals surface area contributed by atoms with Crippen LogP contribution in [0.5, 0.6) is 0 Å². The van der Waals surface area contributed by atoms with Gasteiger partial charge in [0.1, 0.15) is 11.2 Å². The summed E-state index contributed by atoms with van der Waals surface area (Å²) in [5.41, 5.74) is 2.11. The van der Waals surface area contributed by atoms with Crippen LogP contribution in [0.2, 0.25) is 5.02 Å². The summed E-state index contributed by atoms with van der Waals surface area (Å²) in [4.78, 5) is 11.4. The Hall–Kier alpha value is -1.99. The number of thiophene rings is 1. The minimum atomic E-state index is 0.637. The van der Waals surface area contributed by atoms with E-state index in [1.807, 2.05) is 0 Å². The highest BCUT2D eigenvalue weighted by molar-refractivity contribution is 7.18. The number of rotatable bonds is 3. The molecule has 8 heteroatoms. The SMILES string of the molecule is Cc1sc2ncn3nc(CCn4cc(Cl)cn4)nc3c2c1C. The summed E-state index contributed by atoms with van der Waals surface area (Å²) >= 11 is 7.56. The predicted molar refractivity (Wildman–Crippen MR) is 86.6 cm³/mol. The molecule has 112 valence electrons. The fraction of sp³-hybridized carbons (Fsp3) is 0.286. The van der Waals surface area contributed by atoms with Gasteiger partial charge in [-0.1, -0.05) is 11.6 Å². The molecule has 0 N–H and O–H groups in total. The summed E-state index contributed by atoms with van der Waals surface area (Å²) in [6.45, 7) is 4.91. The number of aryl methyl sites for hydroxylation is 4.